The van der Waals surface area contributed by atoms with E-state index in [4.69, 9.17) is 4.74 Å². The van der Waals surface area contributed by atoms with E-state index in [1.165, 1.54) is 24.6 Å². The Morgan fingerprint density at radius 3 is 3.08 bits per heavy atom. The van der Waals surface area contributed by atoms with Crippen LogP contribution in [-0.4, -0.2) is 46.0 Å². The zero-order valence-electron chi connectivity index (χ0n) is 14.0. The number of urea groups is 1. The van der Waals surface area contributed by atoms with E-state index in [2.05, 4.69) is 14.1 Å². The number of carbonyl (C=O) groups excluding carboxylic acids is 1. The summed E-state index contributed by atoms with van der Waals surface area (Å²) in [6.45, 7) is 2.19. The number of benzene rings is 1. The van der Waals surface area contributed by atoms with Gasteiger partial charge in [-0.05, 0) is 49.8 Å². The van der Waals surface area contributed by atoms with Gasteiger partial charge in [0.1, 0.15) is 11.0 Å². The predicted molar refractivity (Wildman–Crippen MR) is 95.1 cm³/mol. The minimum Gasteiger partial charge on any atom is -0.378 e. The summed E-state index contributed by atoms with van der Waals surface area (Å²) in [6, 6.07) is 5.90. The van der Waals surface area contributed by atoms with Crippen molar-refractivity contribution in [3.8, 4) is 0 Å². The average Bonchev–Trinajstić information content (AvgIpc) is 3.25. The molecule has 1 saturated heterocycles. The van der Waals surface area contributed by atoms with Gasteiger partial charge in [0.2, 0.25) is 0 Å². The summed E-state index contributed by atoms with van der Waals surface area (Å²) in [7, 11) is 1.81. The lowest BCUT2D eigenvalue weighted by molar-refractivity contribution is 0.102. The molecule has 24 heavy (non-hydrogen) atoms. The summed E-state index contributed by atoms with van der Waals surface area (Å²) in [5.41, 5.74) is 2.86. The lowest BCUT2D eigenvalue weighted by atomic mass is 10.1. The van der Waals surface area contributed by atoms with Crippen molar-refractivity contribution in [2.24, 2.45) is 0 Å². The Hall–Kier alpha value is -1.73. The first-order valence-corrected chi connectivity index (χ1v) is 9.27. The lowest BCUT2D eigenvalue weighted by Crippen LogP contribution is -2.37. The van der Waals surface area contributed by atoms with Gasteiger partial charge in [0.25, 0.3) is 0 Å². The zero-order valence-corrected chi connectivity index (χ0v) is 14.8. The van der Waals surface area contributed by atoms with E-state index < -0.39 is 0 Å². The molecule has 1 aromatic carbocycles. The quantitative estimate of drug-likeness (QED) is 0.781. The van der Waals surface area contributed by atoms with E-state index in [-0.39, 0.29) is 6.03 Å². The van der Waals surface area contributed by atoms with Gasteiger partial charge in [-0.2, -0.15) is 8.75 Å². The fourth-order valence-electron chi connectivity index (χ4n) is 2.97. The third-order valence-corrected chi connectivity index (χ3v) is 4.89. The molecule has 1 fully saturated rings. The van der Waals surface area contributed by atoms with Crippen molar-refractivity contribution in [2.45, 2.75) is 44.8 Å². The second-order valence-corrected chi connectivity index (χ2v) is 6.83. The van der Waals surface area contributed by atoms with E-state index in [0.29, 0.717) is 19.2 Å². The Balaban J connectivity index is 1.36. The first-order chi connectivity index (χ1) is 11.7. The van der Waals surface area contributed by atoms with E-state index >= 15 is 0 Å². The minimum absolute atomic E-state index is 0.0383. The molecule has 3 rings (SSSR count). The SMILES string of the molecule is CN(Cc1ccc2nsnc2c1)C(=O)NCCCC[C@H]1CCCO1. The molecule has 2 heterocycles. The van der Waals surface area contributed by atoms with Gasteiger partial charge in [0, 0.05) is 26.7 Å². The minimum atomic E-state index is -0.0383. The zero-order chi connectivity index (χ0) is 16.8. The molecule has 0 aliphatic carbocycles. The molecule has 7 heteroatoms. The third-order valence-electron chi connectivity index (χ3n) is 4.34. The van der Waals surface area contributed by atoms with Crippen LogP contribution in [0.5, 0.6) is 0 Å². The number of carbonyl (C=O) groups is 1. The maximum absolute atomic E-state index is 12.1. The number of fused-ring (bicyclic) bond motifs is 1. The van der Waals surface area contributed by atoms with Crippen molar-refractivity contribution in [3.05, 3.63) is 23.8 Å². The summed E-state index contributed by atoms with van der Waals surface area (Å²) in [6.07, 6.45) is 6.02. The second kappa shape index (κ2) is 8.39. The van der Waals surface area contributed by atoms with Crippen molar-refractivity contribution < 1.29 is 9.53 Å². The van der Waals surface area contributed by atoms with Crippen LogP contribution in [0.15, 0.2) is 18.2 Å². The molecule has 0 unspecified atom stereocenters. The highest BCUT2D eigenvalue weighted by Gasteiger charge is 2.14. The van der Waals surface area contributed by atoms with Crippen LogP contribution >= 0.6 is 11.7 Å². The standard InChI is InChI=1S/C17H24N4O2S/c1-21(12-13-7-8-15-16(11-13)20-24-19-15)17(22)18-9-3-2-5-14-6-4-10-23-14/h7-8,11,14H,2-6,9-10,12H2,1H3,(H,18,22)/t14-/m0/s1. The lowest BCUT2D eigenvalue weighted by Gasteiger charge is -2.18. The number of aromatic nitrogens is 2. The highest BCUT2D eigenvalue weighted by atomic mass is 32.1. The summed E-state index contributed by atoms with van der Waals surface area (Å²) >= 11 is 1.21. The molecule has 0 spiro atoms. The fraction of sp³-hybridized carbons (Fsp3) is 0.588. The van der Waals surface area contributed by atoms with Crippen LogP contribution in [0.1, 0.15) is 37.7 Å². The number of rotatable bonds is 7. The van der Waals surface area contributed by atoms with Crippen molar-refractivity contribution in [1.29, 1.82) is 0 Å². The Bertz CT molecular complexity index is 669. The van der Waals surface area contributed by atoms with Crippen LogP contribution in [-0.2, 0) is 11.3 Å². The van der Waals surface area contributed by atoms with E-state index in [1.807, 2.05) is 25.2 Å². The number of hydrogen-bond donors (Lipinski definition) is 1. The molecule has 2 aromatic rings. The molecule has 1 atom stereocenters. The summed E-state index contributed by atoms with van der Waals surface area (Å²) in [5, 5.41) is 2.98. The number of ether oxygens (including phenoxy) is 1. The van der Waals surface area contributed by atoms with E-state index in [0.717, 1.165) is 42.5 Å². The summed E-state index contributed by atoms with van der Waals surface area (Å²) in [5.74, 6) is 0. The van der Waals surface area contributed by atoms with Crippen molar-refractivity contribution in [2.75, 3.05) is 20.2 Å². The highest BCUT2D eigenvalue weighted by Crippen LogP contribution is 2.17. The van der Waals surface area contributed by atoms with Gasteiger partial charge in [-0.25, -0.2) is 4.79 Å². The highest BCUT2D eigenvalue weighted by molar-refractivity contribution is 7.00. The first-order valence-electron chi connectivity index (χ1n) is 8.54. The average molecular weight is 348 g/mol. The van der Waals surface area contributed by atoms with Gasteiger partial charge in [-0.1, -0.05) is 6.07 Å². The van der Waals surface area contributed by atoms with Gasteiger partial charge in [0.15, 0.2) is 0 Å². The molecule has 1 aromatic heterocycles. The molecule has 6 nitrogen and oxygen atoms in total. The topological polar surface area (TPSA) is 67.4 Å². The predicted octanol–water partition coefficient (Wildman–Crippen LogP) is 3.18. The van der Waals surface area contributed by atoms with Gasteiger partial charge >= 0.3 is 6.03 Å². The van der Waals surface area contributed by atoms with Gasteiger partial charge in [-0.3, -0.25) is 0 Å². The maximum Gasteiger partial charge on any atom is 0.317 e. The molecule has 130 valence electrons. The van der Waals surface area contributed by atoms with Crippen LogP contribution < -0.4 is 5.32 Å². The van der Waals surface area contributed by atoms with Gasteiger partial charge in [0.05, 0.1) is 17.8 Å². The van der Waals surface area contributed by atoms with Crippen LogP contribution in [0, 0.1) is 0 Å². The summed E-state index contributed by atoms with van der Waals surface area (Å²) in [4.78, 5) is 13.8. The molecule has 1 aliphatic heterocycles. The number of hydrogen-bond acceptors (Lipinski definition) is 5. The van der Waals surface area contributed by atoms with E-state index in [1.54, 1.807) is 4.90 Å². The van der Waals surface area contributed by atoms with Crippen LogP contribution in [0.4, 0.5) is 4.79 Å². The molecular weight excluding hydrogens is 324 g/mol. The fourth-order valence-corrected chi connectivity index (χ4v) is 3.49. The first kappa shape index (κ1) is 17.1. The maximum atomic E-state index is 12.1. The van der Waals surface area contributed by atoms with Gasteiger partial charge in [-0.15, -0.1) is 0 Å². The molecule has 0 saturated carbocycles. The van der Waals surface area contributed by atoms with Crippen molar-refractivity contribution in [1.82, 2.24) is 19.0 Å². The molecule has 1 N–H and O–H groups in total. The van der Waals surface area contributed by atoms with Crippen molar-refractivity contribution >= 4 is 28.8 Å². The molecule has 0 radical (unpaired) electrons. The largest absolute Gasteiger partial charge is 0.378 e. The molecule has 1 aliphatic rings. The van der Waals surface area contributed by atoms with E-state index in [9.17, 15) is 4.79 Å². The monoisotopic (exact) mass is 348 g/mol. The Kier molecular flexibility index (Phi) is 5.98. The smallest absolute Gasteiger partial charge is 0.317 e. The van der Waals surface area contributed by atoms with Crippen molar-refractivity contribution in [3.63, 3.8) is 0 Å². The molecule has 0 bridgehead atoms. The van der Waals surface area contributed by atoms with Crippen LogP contribution in [0.3, 0.4) is 0 Å². The third kappa shape index (κ3) is 4.64. The number of nitrogens with one attached hydrogen (secondary N) is 1. The van der Waals surface area contributed by atoms with Crippen LogP contribution in [0.25, 0.3) is 11.0 Å². The number of amides is 2. The Labute approximate surface area is 146 Å². The Morgan fingerprint density at radius 2 is 2.25 bits per heavy atom. The number of nitrogens with zero attached hydrogens (tertiary/aromatic N) is 3. The molecule has 2 amide bonds. The molecular formula is C17H24N4O2S. The van der Waals surface area contributed by atoms with Crippen LogP contribution in [0.2, 0.25) is 0 Å². The normalized spacial score (nSPS) is 17.3. The Morgan fingerprint density at radius 1 is 1.38 bits per heavy atom. The number of unbranched alkanes of at least 4 members (excludes halogenated alkanes) is 1. The second-order valence-electron chi connectivity index (χ2n) is 6.31. The summed E-state index contributed by atoms with van der Waals surface area (Å²) < 4.78 is 14.0. The van der Waals surface area contributed by atoms with Gasteiger partial charge < -0.3 is 15.0 Å².